The quantitative estimate of drug-likeness (QED) is 0.573. The van der Waals surface area contributed by atoms with E-state index in [0.717, 1.165) is 34.4 Å². The van der Waals surface area contributed by atoms with Gasteiger partial charge in [-0.3, -0.25) is 0 Å². The van der Waals surface area contributed by atoms with Crippen LogP contribution < -0.4 is 4.74 Å². The summed E-state index contributed by atoms with van der Waals surface area (Å²) >= 11 is 10.2. The summed E-state index contributed by atoms with van der Waals surface area (Å²) in [7, 11) is 0. The molecule has 112 valence electrons. The number of ether oxygens (including phenoxy) is 1. The van der Waals surface area contributed by atoms with Gasteiger partial charge in [0.05, 0.1) is 16.5 Å². The minimum Gasteiger partial charge on any atom is -0.492 e. The van der Waals surface area contributed by atoms with Crippen molar-refractivity contribution in [2.75, 3.05) is 6.61 Å². The van der Waals surface area contributed by atoms with Gasteiger partial charge in [-0.25, -0.2) is 0 Å². The molecule has 1 unspecified atom stereocenters. The summed E-state index contributed by atoms with van der Waals surface area (Å²) in [4.78, 5) is 0. The van der Waals surface area contributed by atoms with Crippen molar-refractivity contribution in [2.24, 2.45) is 0 Å². The molecular formula is C18H20BrClO. The van der Waals surface area contributed by atoms with E-state index >= 15 is 0 Å². The lowest BCUT2D eigenvalue weighted by atomic mass is 9.97. The monoisotopic (exact) mass is 366 g/mol. The van der Waals surface area contributed by atoms with E-state index in [2.05, 4.69) is 54.9 Å². The van der Waals surface area contributed by atoms with Crippen LogP contribution in [0.5, 0.6) is 5.75 Å². The largest absolute Gasteiger partial charge is 0.492 e. The number of alkyl halides is 1. The Labute approximate surface area is 140 Å². The smallest absolute Gasteiger partial charge is 0.133 e. The molecule has 0 aromatic heterocycles. The Balaban J connectivity index is 2.29. The van der Waals surface area contributed by atoms with Crippen LogP contribution in [-0.2, 0) is 0 Å². The second-order valence-corrected chi connectivity index (χ2v) is 6.48. The van der Waals surface area contributed by atoms with Crippen molar-refractivity contribution in [3.8, 4) is 5.75 Å². The van der Waals surface area contributed by atoms with E-state index in [-0.39, 0.29) is 5.38 Å². The number of benzene rings is 2. The normalized spacial score (nSPS) is 12.2. The summed E-state index contributed by atoms with van der Waals surface area (Å²) < 4.78 is 6.63. The third-order valence-electron chi connectivity index (χ3n) is 3.63. The van der Waals surface area contributed by atoms with Gasteiger partial charge < -0.3 is 4.74 Å². The maximum Gasteiger partial charge on any atom is 0.133 e. The highest BCUT2D eigenvalue weighted by molar-refractivity contribution is 9.10. The highest BCUT2D eigenvalue weighted by Gasteiger charge is 2.15. The molecule has 0 aliphatic rings. The number of halogens is 2. The molecule has 0 heterocycles. The summed E-state index contributed by atoms with van der Waals surface area (Å²) in [5.74, 6) is 0.866. The molecule has 2 rings (SSSR count). The molecule has 0 aliphatic carbocycles. The molecule has 0 radical (unpaired) electrons. The van der Waals surface area contributed by atoms with E-state index < -0.39 is 0 Å². The van der Waals surface area contributed by atoms with Gasteiger partial charge in [-0.05, 0) is 70.6 Å². The fourth-order valence-electron chi connectivity index (χ4n) is 2.23. The van der Waals surface area contributed by atoms with Gasteiger partial charge in [0.15, 0.2) is 0 Å². The maximum atomic E-state index is 6.68. The van der Waals surface area contributed by atoms with Gasteiger partial charge in [-0.15, -0.1) is 11.6 Å². The summed E-state index contributed by atoms with van der Waals surface area (Å²) in [6, 6.07) is 12.3. The van der Waals surface area contributed by atoms with Crippen LogP contribution in [0.1, 0.15) is 41.0 Å². The van der Waals surface area contributed by atoms with Crippen LogP contribution in [0.3, 0.4) is 0 Å². The average molecular weight is 368 g/mol. The van der Waals surface area contributed by atoms with Crippen LogP contribution in [0.4, 0.5) is 0 Å². The topological polar surface area (TPSA) is 9.23 Å². The molecule has 0 fully saturated rings. The number of aryl methyl sites for hydroxylation is 1. The highest BCUT2D eigenvalue weighted by atomic mass is 79.9. The van der Waals surface area contributed by atoms with Gasteiger partial charge in [-0.2, -0.15) is 0 Å². The first kappa shape index (κ1) is 16.4. The zero-order valence-corrected chi connectivity index (χ0v) is 15.0. The summed E-state index contributed by atoms with van der Waals surface area (Å²) in [5, 5.41) is -0.151. The Morgan fingerprint density at radius 2 is 1.95 bits per heavy atom. The van der Waals surface area contributed by atoms with Crippen LogP contribution in [0, 0.1) is 13.8 Å². The molecule has 2 aromatic rings. The summed E-state index contributed by atoms with van der Waals surface area (Å²) in [6.45, 7) is 7.05. The second kappa shape index (κ2) is 7.33. The molecule has 1 atom stereocenters. The Morgan fingerprint density at radius 3 is 2.62 bits per heavy atom. The number of hydrogen-bond donors (Lipinski definition) is 0. The van der Waals surface area contributed by atoms with Gasteiger partial charge in [0.25, 0.3) is 0 Å². The zero-order chi connectivity index (χ0) is 15.4. The van der Waals surface area contributed by atoms with E-state index in [1.807, 2.05) is 18.2 Å². The molecule has 0 bridgehead atoms. The van der Waals surface area contributed by atoms with Crippen LogP contribution in [-0.4, -0.2) is 6.61 Å². The molecule has 0 saturated carbocycles. The summed E-state index contributed by atoms with van der Waals surface area (Å²) in [5.41, 5.74) is 4.74. The predicted molar refractivity (Wildman–Crippen MR) is 93.5 cm³/mol. The zero-order valence-electron chi connectivity index (χ0n) is 12.6. The van der Waals surface area contributed by atoms with Gasteiger partial charge in [0.1, 0.15) is 5.75 Å². The van der Waals surface area contributed by atoms with Crippen molar-refractivity contribution < 1.29 is 4.74 Å². The van der Waals surface area contributed by atoms with Crippen LogP contribution in [0.15, 0.2) is 40.9 Å². The Kier molecular flexibility index (Phi) is 5.72. The molecule has 1 nitrogen and oxygen atoms in total. The fourth-order valence-corrected chi connectivity index (χ4v) is 3.11. The lowest BCUT2D eigenvalue weighted by Gasteiger charge is -2.16. The Bertz CT molecular complexity index is 625. The van der Waals surface area contributed by atoms with Gasteiger partial charge in [0, 0.05) is 0 Å². The van der Waals surface area contributed by atoms with Gasteiger partial charge in [-0.1, -0.05) is 31.2 Å². The minimum absolute atomic E-state index is 0.151. The van der Waals surface area contributed by atoms with E-state index in [4.69, 9.17) is 16.3 Å². The molecule has 2 aromatic carbocycles. The molecule has 0 N–H and O–H groups in total. The van der Waals surface area contributed by atoms with Crippen molar-refractivity contribution in [3.63, 3.8) is 0 Å². The first-order valence-corrected chi connectivity index (χ1v) is 8.40. The van der Waals surface area contributed by atoms with Crippen molar-refractivity contribution in [1.82, 2.24) is 0 Å². The lowest BCUT2D eigenvalue weighted by Crippen LogP contribution is -2.00. The first-order valence-electron chi connectivity index (χ1n) is 7.17. The van der Waals surface area contributed by atoms with Crippen molar-refractivity contribution >= 4 is 27.5 Å². The van der Waals surface area contributed by atoms with Gasteiger partial charge >= 0.3 is 0 Å². The van der Waals surface area contributed by atoms with Crippen molar-refractivity contribution in [2.45, 2.75) is 32.6 Å². The predicted octanol–water partition coefficient (Wildman–Crippen LogP) is 6.18. The standard InChI is InChI=1S/C18H20BrClO/c1-4-10-21-17-9-8-14(11-16(17)19)18(20)15-7-5-6-12(2)13(15)3/h5-9,11,18H,4,10H2,1-3H3. The van der Waals surface area contributed by atoms with Crippen LogP contribution in [0.25, 0.3) is 0 Å². The van der Waals surface area contributed by atoms with Crippen molar-refractivity contribution in [3.05, 3.63) is 63.1 Å². The number of rotatable bonds is 5. The minimum atomic E-state index is -0.151. The van der Waals surface area contributed by atoms with E-state index in [0.29, 0.717) is 0 Å². The Hall–Kier alpha value is -0.990. The lowest BCUT2D eigenvalue weighted by molar-refractivity contribution is 0.315. The molecular weight excluding hydrogens is 348 g/mol. The third-order valence-corrected chi connectivity index (χ3v) is 4.74. The third kappa shape index (κ3) is 3.81. The van der Waals surface area contributed by atoms with Gasteiger partial charge in [0.2, 0.25) is 0 Å². The average Bonchev–Trinajstić information content (AvgIpc) is 2.48. The van der Waals surface area contributed by atoms with E-state index in [9.17, 15) is 0 Å². The SMILES string of the molecule is CCCOc1ccc(C(Cl)c2cccc(C)c2C)cc1Br. The fraction of sp³-hybridized carbons (Fsp3) is 0.333. The first-order chi connectivity index (χ1) is 10.0. The van der Waals surface area contributed by atoms with E-state index in [1.54, 1.807) is 0 Å². The van der Waals surface area contributed by atoms with Crippen LogP contribution >= 0.6 is 27.5 Å². The van der Waals surface area contributed by atoms with E-state index in [1.165, 1.54) is 11.1 Å². The Morgan fingerprint density at radius 1 is 1.19 bits per heavy atom. The molecule has 0 saturated heterocycles. The summed E-state index contributed by atoms with van der Waals surface area (Å²) in [6.07, 6.45) is 0.995. The molecule has 0 spiro atoms. The molecule has 0 aliphatic heterocycles. The molecule has 3 heteroatoms. The van der Waals surface area contributed by atoms with Crippen molar-refractivity contribution in [1.29, 1.82) is 0 Å². The maximum absolute atomic E-state index is 6.68. The second-order valence-electron chi connectivity index (χ2n) is 5.19. The molecule has 0 amide bonds. The number of hydrogen-bond acceptors (Lipinski definition) is 1. The van der Waals surface area contributed by atoms with Crippen LogP contribution in [0.2, 0.25) is 0 Å². The highest BCUT2D eigenvalue weighted by Crippen LogP contribution is 2.36. The molecule has 21 heavy (non-hydrogen) atoms.